The lowest BCUT2D eigenvalue weighted by Gasteiger charge is -2.05. The van der Waals surface area contributed by atoms with E-state index in [0.717, 1.165) is 17.7 Å². The molecule has 0 amide bonds. The molecule has 0 atom stereocenters. The van der Waals surface area contributed by atoms with Gasteiger partial charge in [-0.2, -0.15) is 13.2 Å². The highest BCUT2D eigenvalue weighted by Crippen LogP contribution is 2.29. The summed E-state index contributed by atoms with van der Waals surface area (Å²) in [5.41, 5.74) is 11.3. The number of hydrogen-bond donors (Lipinski definition) is 3. The van der Waals surface area contributed by atoms with Crippen LogP contribution in [0.25, 0.3) is 0 Å². The van der Waals surface area contributed by atoms with Crippen molar-refractivity contribution in [3.8, 4) is 0 Å². The number of nitrogen functional groups attached to an aromatic ring is 2. The number of carboxylic acids is 1. The fourth-order valence-electron chi connectivity index (χ4n) is 1.59. The van der Waals surface area contributed by atoms with Crippen LogP contribution in [0.3, 0.4) is 0 Å². The third-order valence-electron chi connectivity index (χ3n) is 2.52. The largest absolute Gasteiger partial charge is 0.481 e. The van der Waals surface area contributed by atoms with Crippen LogP contribution in [-0.2, 0) is 17.4 Å². The maximum absolute atomic E-state index is 11.9. The Morgan fingerprint density at radius 1 is 1.00 bits per heavy atom. The number of nitrogens with two attached hydrogens (primary N) is 2. The third-order valence-corrected chi connectivity index (χ3v) is 2.52. The van der Waals surface area contributed by atoms with E-state index < -0.39 is 17.7 Å². The van der Waals surface area contributed by atoms with Gasteiger partial charge in [0.15, 0.2) is 0 Å². The van der Waals surface area contributed by atoms with Gasteiger partial charge in [0.25, 0.3) is 0 Å². The van der Waals surface area contributed by atoms with Gasteiger partial charge in [0, 0.05) is 11.4 Å². The smallest absolute Gasteiger partial charge is 0.416 e. The Morgan fingerprint density at radius 3 is 1.95 bits per heavy atom. The first-order valence-electron chi connectivity index (χ1n) is 6.17. The Balaban J connectivity index is 0.000000220. The molecule has 0 radical (unpaired) electrons. The van der Waals surface area contributed by atoms with E-state index >= 15 is 0 Å². The van der Waals surface area contributed by atoms with Crippen LogP contribution in [0, 0.1) is 0 Å². The lowest BCUT2D eigenvalue weighted by Crippen LogP contribution is -2.04. The van der Waals surface area contributed by atoms with Crippen molar-refractivity contribution in [1.29, 1.82) is 0 Å². The Kier molecular flexibility index (Phi) is 5.80. The number of benzene rings is 2. The summed E-state index contributed by atoms with van der Waals surface area (Å²) in [5.74, 6) is -0.837. The summed E-state index contributed by atoms with van der Waals surface area (Å²) in [6.45, 7) is 0. The third kappa shape index (κ3) is 6.17. The van der Waals surface area contributed by atoms with Gasteiger partial charge in [-0.3, -0.25) is 4.79 Å². The lowest BCUT2D eigenvalue weighted by atomic mass is 10.1. The van der Waals surface area contributed by atoms with E-state index in [0.29, 0.717) is 5.69 Å². The number of aliphatic carboxylic acids is 1. The lowest BCUT2D eigenvalue weighted by molar-refractivity contribution is -0.138. The van der Waals surface area contributed by atoms with E-state index in [1.54, 1.807) is 24.3 Å². The fraction of sp³-hybridized carbons (Fsp3) is 0.133. The van der Waals surface area contributed by atoms with Gasteiger partial charge < -0.3 is 16.6 Å². The quantitative estimate of drug-likeness (QED) is 0.743. The van der Waals surface area contributed by atoms with E-state index in [1.165, 1.54) is 12.1 Å². The monoisotopic (exact) mass is 312 g/mol. The number of hydrogen-bond acceptors (Lipinski definition) is 3. The molecule has 0 aliphatic heterocycles. The highest BCUT2D eigenvalue weighted by Gasteiger charge is 2.30. The molecule has 2 aromatic rings. The maximum Gasteiger partial charge on any atom is 0.416 e. The Morgan fingerprint density at radius 2 is 1.55 bits per heavy atom. The van der Waals surface area contributed by atoms with Crippen LogP contribution in [0.5, 0.6) is 0 Å². The molecule has 0 fully saturated rings. The molecular weight excluding hydrogens is 297 g/mol. The highest BCUT2D eigenvalue weighted by molar-refractivity contribution is 5.70. The van der Waals surface area contributed by atoms with Crippen LogP contribution in [0.4, 0.5) is 24.5 Å². The molecule has 0 aliphatic carbocycles. The van der Waals surface area contributed by atoms with Crippen molar-refractivity contribution in [2.75, 3.05) is 11.5 Å². The summed E-state index contributed by atoms with van der Waals surface area (Å²) in [7, 11) is 0. The number of carbonyl (C=O) groups is 1. The zero-order chi connectivity index (χ0) is 16.8. The van der Waals surface area contributed by atoms with Crippen molar-refractivity contribution in [3.63, 3.8) is 0 Å². The molecule has 0 saturated carbocycles. The van der Waals surface area contributed by atoms with Crippen molar-refractivity contribution in [2.24, 2.45) is 0 Å². The van der Waals surface area contributed by atoms with Crippen molar-refractivity contribution in [3.05, 3.63) is 59.7 Å². The van der Waals surface area contributed by atoms with E-state index in [4.69, 9.17) is 16.6 Å². The second-order valence-corrected chi connectivity index (χ2v) is 4.44. The summed E-state index contributed by atoms with van der Waals surface area (Å²) < 4.78 is 35.7. The number of alkyl halides is 3. The molecule has 7 heteroatoms. The summed E-state index contributed by atoms with van der Waals surface area (Å²) in [4.78, 5) is 10.2. The summed E-state index contributed by atoms with van der Waals surface area (Å²) in [6.07, 6.45) is -4.26. The summed E-state index contributed by atoms with van der Waals surface area (Å²) in [6, 6.07) is 11.4. The SMILES string of the molecule is Nc1cccc(C(F)(F)F)c1.Nc1cccc(CC(=O)O)c1. The first kappa shape index (κ1) is 17.4. The first-order valence-corrected chi connectivity index (χ1v) is 6.17. The molecule has 4 nitrogen and oxygen atoms in total. The second kappa shape index (κ2) is 7.35. The van der Waals surface area contributed by atoms with E-state index in [2.05, 4.69) is 0 Å². The predicted molar refractivity (Wildman–Crippen MR) is 78.1 cm³/mol. The van der Waals surface area contributed by atoms with Crippen molar-refractivity contribution in [1.82, 2.24) is 0 Å². The fourth-order valence-corrected chi connectivity index (χ4v) is 1.59. The van der Waals surface area contributed by atoms with Crippen molar-refractivity contribution in [2.45, 2.75) is 12.6 Å². The van der Waals surface area contributed by atoms with Crippen LogP contribution >= 0.6 is 0 Å². The molecule has 22 heavy (non-hydrogen) atoms. The van der Waals surface area contributed by atoms with Gasteiger partial charge in [-0.15, -0.1) is 0 Å². The van der Waals surface area contributed by atoms with E-state index in [-0.39, 0.29) is 12.1 Å². The van der Waals surface area contributed by atoms with Crippen LogP contribution < -0.4 is 11.5 Å². The minimum absolute atomic E-state index is 0.0328. The average Bonchev–Trinajstić information content (AvgIpc) is 2.37. The first-order chi connectivity index (χ1) is 10.2. The van der Waals surface area contributed by atoms with Crippen LogP contribution in [-0.4, -0.2) is 11.1 Å². The molecule has 5 N–H and O–H groups in total. The zero-order valence-corrected chi connectivity index (χ0v) is 11.5. The van der Waals surface area contributed by atoms with Crippen LogP contribution in [0.15, 0.2) is 48.5 Å². The van der Waals surface area contributed by atoms with Gasteiger partial charge in [-0.1, -0.05) is 18.2 Å². The van der Waals surface area contributed by atoms with Gasteiger partial charge >= 0.3 is 12.1 Å². The molecular formula is C15H15F3N2O2. The molecule has 0 aromatic heterocycles. The second-order valence-electron chi connectivity index (χ2n) is 4.44. The average molecular weight is 312 g/mol. The number of anilines is 2. The predicted octanol–water partition coefficient (Wildman–Crippen LogP) is 3.18. The molecule has 2 aromatic carbocycles. The van der Waals surface area contributed by atoms with Crippen LogP contribution in [0.2, 0.25) is 0 Å². The van der Waals surface area contributed by atoms with Crippen LogP contribution in [0.1, 0.15) is 11.1 Å². The standard InChI is InChI=1S/C8H9NO2.C7H6F3N/c9-7-3-1-2-6(4-7)5-8(10)11;8-7(9,10)5-2-1-3-6(11)4-5/h1-4H,5,9H2,(H,10,11);1-4H,11H2. The van der Waals surface area contributed by atoms with Crippen molar-refractivity contribution >= 4 is 17.3 Å². The normalized spacial score (nSPS) is 10.5. The minimum Gasteiger partial charge on any atom is -0.481 e. The maximum atomic E-state index is 11.9. The molecule has 0 heterocycles. The molecule has 0 aliphatic rings. The molecule has 0 spiro atoms. The zero-order valence-electron chi connectivity index (χ0n) is 11.5. The molecule has 0 saturated heterocycles. The summed E-state index contributed by atoms with van der Waals surface area (Å²) >= 11 is 0. The minimum atomic E-state index is -4.30. The van der Waals surface area contributed by atoms with Gasteiger partial charge in [-0.05, 0) is 35.9 Å². The van der Waals surface area contributed by atoms with Gasteiger partial charge in [0.1, 0.15) is 0 Å². The Labute approximate surface area is 125 Å². The van der Waals surface area contributed by atoms with Crippen molar-refractivity contribution < 1.29 is 23.1 Å². The molecule has 0 unspecified atom stereocenters. The molecule has 2 rings (SSSR count). The molecule has 118 valence electrons. The topological polar surface area (TPSA) is 89.3 Å². The van der Waals surface area contributed by atoms with Gasteiger partial charge in [-0.25, -0.2) is 0 Å². The Hall–Kier alpha value is -2.70. The van der Waals surface area contributed by atoms with E-state index in [1.807, 2.05) is 0 Å². The number of carboxylic acid groups (broad SMARTS) is 1. The molecule has 0 bridgehead atoms. The Bertz CT molecular complexity index is 643. The summed E-state index contributed by atoms with van der Waals surface area (Å²) in [5, 5.41) is 8.42. The van der Waals surface area contributed by atoms with E-state index in [9.17, 15) is 18.0 Å². The van der Waals surface area contributed by atoms with Gasteiger partial charge in [0.05, 0.1) is 12.0 Å². The van der Waals surface area contributed by atoms with Gasteiger partial charge in [0.2, 0.25) is 0 Å². The highest BCUT2D eigenvalue weighted by atomic mass is 19.4. The number of halogens is 3. The number of rotatable bonds is 2.